The van der Waals surface area contributed by atoms with Gasteiger partial charge in [-0.1, -0.05) is 29.8 Å². The number of esters is 1. The Kier molecular flexibility index (Phi) is 8.89. The van der Waals surface area contributed by atoms with E-state index in [1.54, 1.807) is 19.1 Å². The summed E-state index contributed by atoms with van der Waals surface area (Å²) in [5, 5.41) is 12.6. The molecule has 44 heavy (non-hydrogen) atoms. The molecule has 2 aliphatic rings. The second-order valence-electron chi connectivity index (χ2n) is 11.0. The molecule has 5 rings (SSSR count). The van der Waals surface area contributed by atoms with Gasteiger partial charge >= 0.3 is 18.1 Å². The van der Waals surface area contributed by atoms with Crippen LogP contribution in [0.5, 0.6) is 5.88 Å². The van der Waals surface area contributed by atoms with Crippen molar-refractivity contribution in [3.05, 3.63) is 64.7 Å². The summed E-state index contributed by atoms with van der Waals surface area (Å²) in [4.78, 5) is 33.8. The van der Waals surface area contributed by atoms with Gasteiger partial charge in [-0.05, 0) is 67.0 Å². The largest absolute Gasteiger partial charge is 0.480 e. The first-order chi connectivity index (χ1) is 20.9. The van der Waals surface area contributed by atoms with Crippen molar-refractivity contribution in [3.63, 3.8) is 0 Å². The zero-order chi connectivity index (χ0) is 31.6. The smallest absolute Gasteiger partial charge is 0.429 e. The Balaban J connectivity index is 1.42. The van der Waals surface area contributed by atoms with Crippen molar-refractivity contribution in [2.24, 2.45) is 5.41 Å². The lowest BCUT2D eigenvalue weighted by molar-refractivity contribution is -0.198. The molecule has 0 amide bonds. The van der Waals surface area contributed by atoms with E-state index in [1.807, 2.05) is 4.90 Å². The van der Waals surface area contributed by atoms with E-state index in [0.717, 1.165) is 0 Å². The van der Waals surface area contributed by atoms with Crippen LogP contribution >= 0.6 is 11.6 Å². The summed E-state index contributed by atoms with van der Waals surface area (Å²) < 4.78 is 54.5. The van der Waals surface area contributed by atoms with Crippen molar-refractivity contribution in [1.29, 1.82) is 0 Å². The topological polar surface area (TPSA) is 140 Å². The zero-order valence-electron chi connectivity index (χ0n) is 23.7. The minimum absolute atomic E-state index is 0.111. The van der Waals surface area contributed by atoms with Gasteiger partial charge in [0.15, 0.2) is 0 Å². The summed E-state index contributed by atoms with van der Waals surface area (Å²) >= 11 is 6.20. The minimum atomic E-state index is -4.88. The van der Waals surface area contributed by atoms with E-state index in [1.165, 1.54) is 36.4 Å². The van der Waals surface area contributed by atoms with E-state index in [2.05, 4.69) is 15.3 Å². The molecule has 2 aliphatic heterocycles. The van der Waals surface area contributed by atoms with Gasteiger partial charge in [-0.15, -0.1) is 0 Å². The number of alkyl halides is 3. The first-order valence-electron chi connectivity index (χ1n) is 14.0. The lowest BCUT2D eigenvalue weighted by atomic mass is 9.76. The fraction of sp³-hybridized carbons (Fsp3) is 0.400. The van der Waals surface area contributed by atoms with Gasteiger partial charge in [0, 0.05) is 36.3 Å². The van der Waals surface area contributed by atoms with Gasteiger partial charge in [-0.25, -0.2) is 4.79 Å². The summed E-state index contributed by atoms with van der Waals surface area (Å²) in [6.45, 7) is 3.38. The molecule has 1 aromatic heterocycles. The van der Waals surface area contributed by atoms with Crippen LogP contribution in [-0.4, -0.2) is 65.5 Å². The van der Waals surface area contributed by atoms with Gasteiger partial charge in [0.1, 0.15) is 11.9 Å². The number of carbonyl (C=O) groups excluding carboxylic acids is 1. The van der Waals surface area contributed by atoms with Crippen LogP contribution in [0.2, 0.25) is 5.02 Å². The molecule has 3 aromatic rings. The van der Waals surface area contributed by atoms with Crippen molar-refractivity contribution in [1.82, 2.24) is 15.3 Å². The molecule has 2 fully saturated rings. The van der Waals surface area contributed by atoms with Crippen LogP contribution in [0, 0.1) is 5.41 Å². The minimum Gasteiger partial charge on any atom is -0.480 e. The zero-order valence-corrected chi connectivity index (χ0v) is 24.5. The number of halogens is 4. The number of benzene rings is 2. The van der Waals surface area contributed by atoms with Crippen molar-refractivity contribution < 1.29 is 37.3 Å². The number of aliphatic carboxylic acids is 1. The molecule has 1 spiro atoms. The van der Waals surface area contributed by atoms with Crippen LogP contribution in [0.1, 0.15) is 48.2 Å². The highest BCUT2D eigenvalue weighted by molar-refractivity contribution is 6.30. The molecule has 14 heteroatoms. The molecule has 2 saturated heterocycles. The molecule has 0 bridgehead atoms. The van der Waals surface area contributed by atoms with Crippen LogP contribution in [0.15, 0.2) is 48.5 Å². The molecular weight excluding hydrogens is 603 g/mol. The predicted molar refractivity (Wildman–Crippen MR) is 157 cm³/mol. The number of hydrogen-bond acceptors (Lipinski definition) is 9. The average molecular weight is 634 g/mol. The molecule has 3 heterocycles. The number of carboxylic acid groups (broad SMARTS) is 1. The number of nitrogens with zero attached hydrogens (tertiary/aromatic N) is 3. The summed E-state index contributed by atoms with van der Waals surface area (Å²) in [6.07, 6.45) is -5.49. The number of hydrogen-bond donors (Lipinski definition) is 3. The van der Waals surface area contributed by atoms with Crippen LogP contribution in [0.4, 0.5) is 24.9 Å². The van der Waals surface area contributed by atoms with E-state index in [4.69, 9.17) is 26.8 Å². The normalized spacial score (nSPS) is 18.7. The maximum Gasteiger partial charge on any atom is 0.429 e. The molecule has 2 atom stereocenters. The van der Waals surface area contributed by atoms with Gasteiger partial charge < -0.3 is 30.5 Å². The Hall–Kier alpha value is -4.10. The molecule has 1 unspecified atom stereocenters. The molecule has 0 radical (unpaired) electrons. The number of nitrogens with two attached hydrogens (primary N) is 1. The van der Waals surface area contributed by atoms with Crippen molar-refractivity contribution in [2.75, 3.05) is 36.9 Å². The van der Waals surface area contributed by atoms with E-state index in [9.17, 15) is 27.9 Å². The maximum atomic E-state index is 14.6. The maximum absolute atomic E-state index is 14.6. The number of carbonyl (C=O) groups is 2. The van der Waals surface area contributed by atoms with Gasteiger partial charge in [-0.3, -0.25) is 4.79 Å². The third-order valence-corrected chi connectivity index (χ3v) is 8.27. The number of ether oxygens (including phenoxy) is 2. The lowest BCUT2D eigenvalue weighted by Crippen LogP contribution is -2.41. The number of anilines is 2. The summed E-state index contributed by atoms with van der Waals surface area (Å²) in [5.74, 6) is -1.82. The molecule has 10 nitrogen and oxygen atoms in total. The number of rotatable bonds is 8. The number of nitrogens with one attached hydrogen (secondary N) is 1. The van der Waals surface area contributed by atoms with Gasteiger partial charge in [0.05, 0.1) is 12.2 Å². The summed E-state index contributed by atoms with van der Waals surface area (Å²) in [6, 6.07) is 10.7. The van der Waals surface area contributed by atoms with Gasteiger partial charge in [0.25, 0.3) is 0 Å². The van der Waals surface area contributed by atoms with Crippen molar-refractivity contribution in [3.8, 4) is 17.0 Å². The van der Waals surface area contributed by atoms with E-state index in [-0.39, 0.29) is 45.6 Å². The predicted octanol–water partition coefficient (Wildman–Crippen LogP) is 5.27. The Morgan fingerprint density at radius 1 is 1.18 bits per heavy atom. The molecule has 234 valence electrons. The van der Waals surface area contributed by atoms with Crippen LogP contribution in [0.25, 0.3) is 11.1 Å². The monoisotopic (exact) mass is 633 g/mol. The highest BCUT2D eigenvalue weighted by Crippen LogP contribution is 2.43. The van der Waals surface area contributed by atoms with Gasteiger partial charge in [0.2, 0.25) is 17.9 Å². The first-order valence-corrected chi connectivity index (χ1v) is 14.4. The van der Waals surface area contributed by atoms with Crippen molar-refractivity contribution >= 4 is 35.3 Å². The Labute approximate surface area is 256 Å². The Morgan fingerprint density at radius 2 is 1.93 bits per heavy atom. The molecule has 4 N–H and O–H groups in total. The summed E-state index contributed by atoms with van der Waals surface area (Å²) in [7, 11) is 0. The van der Waals surface area contributed by atoms with E-state index in [0.29, 0.717) is 50.3 Å². The lowest BCUT2D eigenvalue weighted by Gasteiger charge is -2.39. The number of carboxylic acids is 1. The van der Waals surface area contributed by atoms with Gasteiger partial charge in [-0.2, -0.15) is 23.1 Å². The van der Waals surface area contributed by atoms with Crippen molar-refractivity contribution in [2.45, 2.75) is 44.5 Å². The highest BCUT2D eigenvalue weighted by atomic mass is 35.5. The fourth-order valence-electron chi connectivity index (χ4n) is 5.80. The first kappa shape index (κ1) is 31.3. The molecule has 0 aliphatic carbocycles. The van der Waals surface area contributed by atoms with E-state index >= 15 is 0 Å². The third kappa shape index (κ3) is 6.83. The number of piperidine rings is 1. The fourth-order valence-corrected chi connectivity index (χ4v) is 5.97. The quantitative estimate of drug-likeness (QED) is 0.281. The average Bonchev–Trinajstić information content (AvgIpc) is 3.39. The Bertz CT molecular complexity index is 1550. The highest BCUT2D eigenvalue weighted by Gasteiger charge is 2.46. The number of nitrogen functional groups attached to an aromatic ring is 1. The standard InChI is InChI=1S/C30H31ClF3N5O5/c1-2-43-27(42)18-5-3-4-17(12-18)21-13-19(31)6-7-20(21)25(30(32,33)34)44-24-14-23(37-28(35)38-24)39-10-8-29(9-11-39)15-22(26(40)41)36-16-29/h3-7,12-14,22,25,36H,2,8-11,15-16H2,1H3,(H,40,41)(H2,35,37,38)/t22?,25-/m1/s1. The van der Waals surface area contributed by atoms with Crippen LogP contribution in [-0.2, 0) is 9.53 Å². The van der Waals surface area contributed by atoms with Crippen LogP contribution in [0.3, 0.4) is 0 Å². The number of aromatic nitrogens is 2. The molecule has 2 aromatic carbocycles. The van der Waals surface area contributed by atoms with E-state index < -0.39 is 30.3 Å². The second kappa shape index (κ2) is 12.5. The second-order valence-corrected chi connectivity index (χ2v) is 11.4. The molecular formula is C30H31ClF3N5O5. The Morgan fingerprint density at radius 3 is 2.59 bits per heavy atom. The molecule has 0 saturated carbocycles. The van der Waals surface area contributed by atoms with Crippen LogP contribution < -0.4 is 20.7 Å². The third-order valence-electron chi connectivity index (χ3n) is 8.03. The summed E-state index contributed by atoms with van der Waals surface area (Å²) in [5.41, 5.74) is 6.09. The SMILES string of the molecule is CCOC(=O)c1cccc(-c2cc(Cl)ccc2[C@@H](Oc2cc(N3CCC4(CC3)CNC(C(=O)O)C4)nc(N)n2)C(F)(F)F)c1.